The number of aromatic nitrogens is 1. The highest BCUT2D eigenvalue weighted by Gasteiger charge is 2.09. The van der Waals surface area contributed by atoms with Crippen molar-refractivity contribution in [1.29, 1.82) is 0 Å². The smallest absolute Gasteiger partial charge is 0.272 e. The molecule has 0 amide bonds. The normalized spacial score (nSPS) is 10.0. The summed E-state index contributed by atoms with van der Waals surface area (Å²) in [6.45, 7) is 1.13. The van der Waals surface area contributed by atoms with Gasteiger partial charge in [0.1, 0.15) is 0 Å². The Balaban J connectivity index is 2.81. The first kappa shape index (κ1) is 12.2. The number of nitrogens with zero attached hydrogens (tertiary/aromatic N) is 4. The van der Waals surface area contributed by atoms with E-state index in [1.54, 1.807) is 13.0 Å². The van der Waals surface area contributed by atoms with E-state index in [1.807, 2.05) is 0 Å². The summed E-state index contributed by atoms with van der Waals surface area (Å²) < 4.78 is 28.7. The van der Waals surface area contributed by atoms with Crippen LogP contribution in [-0.2, 0) is 6.54 Å². The van der Waals surface area contributed by atoms with Crippen LogP contribution in [-0.4, -0.2) is 18.0 Å². The van der Waals surface area contributed by atoms with Crippen molar-refractivity contribution in [2.45, 2.75) is 19.9 Å². The Kier molecular flexibility index (Phi) is 4.47. The topological polar surface area (TPSA) is 70.9 Å². The summed E-state index contributed by atoms with van der Waals surface area (Å²) in [6, 6.07) is 1.65. The number of alkyl halides is 2. The van der Waals surface area contributed by atoms with Gasteiger partial charge >= 0.3 is 0 Å². The predicted molar refractivity (Wildman–Crippen MR) is 53.3 cm³/mol. The lowest BCUT2D eigenvalue weighted by atomic mass is 10.1. The third-order valence-corrected chi connectivity index (χ3v) is 1.92. The molecule has 0 spiro atoms. The Labute approximate surface area is 90.7 Å². The van der Waals surface area contributed by atoms with Crippen molar-refractivity contribution in [2.24, 2.45) is 5.11 Å². The molecule has 0 aliphatic carbocycles. The summed E-state index contributed by atoms with van der Waals surface area (Å²) in [5.74, 6) is 0.144. The molecule has 0 bridgehead atoms. The average Bonchev–Trinajstić information content (AvgIpc) is 2.26. The summed E-state index contributed by atoms with van der Waals surface area (Å²) in [6.07, 6.45) is -1.11. The molecule has 1 heterocycles. The van der Waals surface area contributed by atoms with Crippen molar-refractivity contribution in [3.8, 4) is 5.88 Å². The van der Waals surface area contributed by atoms with Gasteiger partial charge in [-0.15, -0.1) is 0 Å². The summed E-state index contributed by atoms with van der Waals surface area (Å²) in [5.41, 5.74) is 9.49. The molecule has 16 heavy (non-hydrogen) atoms. The Morgan fingerprint density at radius 2 is 2.38 bits per heavy atom. The quantitative estimate of drug-likeness (QED) is 0.441. The SMILES string of the molecule is Cc1c(CN=[N+]=[N-])ccnc1OCC(F)F. The Morgan fingerprint density at radius 3 is 3.00 bits per heavy atom. The van der Waals surface area contributed by atoms with Gasteiger partial charge in [-0.3, -0.25) is 0 Å². The minimum Gasteiger partial charge on any atom is -0.471 e. The fraction of sp³-hybridized carbons (Fsp3) is 0.444. The van der Waals surface area contributed by atoms with Crippen LogP contribution in [0.1, 0.15) is 11.1 Å². The molecule has 0 aliphatic heterocycles. The van der Waals surface area contributed by atoms with Gasteiger partial charge in [0, 0.05) is 16.7 Å². The Hall–Kier alpha value is -1.88. The van der Waals surface area contributed by atoms with Gasteiger partial charge in [0.25, 0.3) is 6.43 Å². The van der Waals surface area contributed by atoms with Gasteiger partial charge in [0.2, 0.25) is 5.88 Å². The minimum absolute atomic E-state index is 0.144. The predicted octanol–water partition coefficient (Wildman–Crippen LogP) is 2.84. The number of pyridine rings is 1. The van der Waals surface area contributed by atoms with Crippen molar-refractivity contribution in [1.82, 2.24) is 4.98 Å². The molecule has 0 atom stereocenters. The Morgan fingerprint density at radius 1 is 1.62 bits per heavy atom. The van der Waals surface area contributed by atoms with Crippen LogP contribution < -0.4 is 4.74 Å². The molecule has 7 heteroatoms. The van der Waals surface area contributed by atoms with Gasteiger partial charge in [0.05, 0.1) is 6.54 Å². The first-order valence-corrected chi connectivity index (χ1v) is 4.51. The van der Waals surface area contributed by atoms with Gasteiger partial charge in [-0.05, 0) is 24.1 Å². The molecule has 86 valence electrons. The summed E-state index contributed by atoms with van der Waals surface area (Å²) in [4.78, 5) is 6.45. The molecule has 0 N–H and O–H groups in total. The van der Waals surface area contributed by atoms with Crippen LogP contribution in [0.25, 0.3) is 10.4 Å². The molecule has 5 nitrogen and oxygen atoms in total. The van der Waals surface area contributed by atoms with E-state index in [9.17, 15) is 8.78 Å². The number of hydrogen-bond donors (Lipinski definition) is 0. The molecule has 0 aromatic carbocycles. The number of azide groups is 1. The molecule has 0 unspecified atom stereocenters. The van der Waals surface area contributed by atoms with Crippen LogP contribution in [0.4, 0.5) is 8.78 Å². The van der Waals surface area contributed by atoms with Crippen LogP contribution >= 0.6 is 0 Å². The van der Waals surface area contributed by atoms with E-state index in [0.717, 1.165) is 0 Å². The molecular weight excluding hydrogens is 218 g/mol. The van der Waals surface area contributed by atoms with E-state index in [2.05, 4.69) is 15.0 Å². The fourth-order valence-corrected chi connectivity index (χ4v) is 1.12. The second-order valence-corrected chi connectivity index (χ2v) is 2.99. The molecule has 0 aliphatic rings. The van der Waals surface area contributed by atoms with E-state index in [-0.39, 0.29) is 12.4 Å². The molecule has 0 radical (unpaired) electrons. The summed E-state index contributed by atoms with van der Waals surface area (Å²) >= 11 is 0. The monoisotopic (exact) mass is 228 g/mol. The highest BCUT2D eigenvalue weighted by Crippen LogP contribution is 2.19. The minimum atomic E-state index is -2.54. The maximum Gasteiger partial charge on any atom is 0.272 e. The van der Waals surface area contributed by atoms with E-state index >= 15 is 0 Å². The van der Waals surface area contributed by atoms with Gasteiger partial charge in [-0.2, -0.15) is 0 Å². The van der Waals surface area contributed by atoms with Crippen molar-refractivity contribution >= 4 is 0 Å². The second-order valence-electron chi connectivity index (χ2n) is 2.99. The van der Waals surface area contributed by atoms with Gasteiger partial charge < -0.3 is 4.74 Å². The summed E-state index contributed by atoms with van der Waals surface area (Å²) in [5, 5.41) is 3.39. The first-order chi connectivity index (χ1) is 7.65. The van der Waals surface area contributed by atoms with Crippen molar-refractivity contribution in [2.75, 3.05) is 6.61 Å². The third kappa shape index (κ3) is 3.36. The van der Waals surface area contributed by atoms with E-state index in [1.165, 1.54) is 6.20 Å². The van der Waals surface area contributed by atoms with Crippen LogP contribution in [0.3, 0.4) is 0 Å². The number of halogens is 2. The van der Waals surface area contributed by atoms with Gasteiger partial charge in [0.15, 0.2) is 6.61 Å². The van der Waals surface area contributed by atoms with Crippen LogP contribution in [0, 0.1) is 6.92 Å². The first-order valence-electron chi connectivity index (χ1n) is 4.51. The lowest BCUT2D eigenvalue weighted by molar-refractivity contribution is 0.0792. The zero-order valence-corrected chi connectivity index (χ0v) is 8.60. The third-order valence-electron chi connectivity index (χ3n) is 1.92. The molecule has 1 aromatic rings. The van der Waals surface area contributed by atoms with Crippen LogP contribution in [0.5, 0.6) is 5.88 Å². The molecule has 1 rings (SSSR count). The van der Waals surface area contributed by atoms with E-state index in [0.29, 0.717) is 11.1 Å². The number of ether oxygens (including phenoxy) is 1. The van der Waals surface area contributed by atoms with E-state index in [4.69, 9.17) is 10.3 Å². The van der Waals surface area contributed by atoms with Gasteiger partial charge in [-0.25, -0.2) is 13.8 Å². The molecule has 0 fully saturated rings. The summed E-state index contributed by atoms with van der Waals surface area (Å²) in [7, 11) is 0. The fourth-order valence-electron chi connectivity index (χ4n) is 1.12. The Bertz CT molecular complexity index is 404. The van der Waals surface area contributed by atoms with Crippen LogP contribution in [0.2, 0.25) is 0 Å². The van der Waals surface area contributed by atoms with E-state index < -0.39 is 13.0 Å². The van der Waals surface area contributed by atoms with Crippen molar-refractivity contribution < 1.29 is 13.5 Å². The lowest BCUT2D eigenvalue weighted by Gasteiger charge is -2.09. The zero-order valence-electron chi connectivity index (χ0n) is 8.60. The molecule has 1 aromatic heterocycles. The molecule has 0 saturated carbocycles. The molecule has 0 saturated heterocycles. The highest BCUT2D eigenvalue weighted by atomic mass is 19.3. The standard InChI is InChI=1S/C9H10F2N4O/c1-6-7(4-14-15-12)2-3-13-9(6)16-5-8(10)11/h2-3,8H,4-5H2,1H3. The van der Waals surface area contributed by atoms with Crippen molar-refractivity contribution in [3.63, 3.8) is 0 Å². The molecular formula is C9H10F2N4O. The lowest BCUT2D eigenvalue weighted by Crippen LogP contribution is -2.09. The van der Waals surface area contributed by atoms with Crippen LogP contribution in [0.15, 0.2) is 17.4 Å². The second kappa shape index (κ2) is 5.87. The number of hydrogen-bond acceptors (Lipinski definition) is 3. The maximum absolute atomic E-state index is 11.9. The number of rotatable bonds is 5. The zero-order chi connectivity index (χ0) is 12.0. The largest absolute Gasteiger partial charge is 0.471 e. The maximum atomic E-state index is 11.9. The van der Waals surface area contributed by atoms with Gasteiger partial charge in [-0.1, -0.05) is 5.11 Å². The average molecular weight is 228 g/mol. The highest BCUT2D eigenvalue weighted by molar-refractivity contribution is 5.32. The van der Waals surface area contributed by atoms with Crippen molar-refractivity contribution in [3.05, 3.63) is 33.8 Å².